The van der Waals surface area contributed by atoms with Crippen molar-refractivity contribution in [1.29, 1.82) is 0 Å². The molecule has 0 aliphatic heterocycles. The standard InChI is InChI=1S/C18H17BrN2O5/c19-13-7-5-12(6-8-13)11-14(17(24)20-9-1-4-16(22)23)21-18(25)15-3-2-10-26-15/h2-3,5-8,10-11H,1,4,9H2,(H,20,24)(H,21,25)(H,22,23)/p-1/b14-11+. The van der Waals surface area contributed by atoms with Crippen molar-refractivity contribution in [2.24, 2.45) is 0 Å². The Morgan fingerprint density at radius 1 is 1.15 bits per heavy atom. The van der Waals surface area contributed by atoms with Gasteiger partial charge in [0.25, 0.3) is 11.8 Å². The number of hydrogen-bond acceptors (Lipinski definition) is 5. The van der Waals surface area contributed by atoms with Crippen LogP contribution in [0.1, 0.15) is 29.0 Å². The Balaban J connectivity index is 2.12. The van der Waals surface area contributed by atoms with E-state index in [1.807, 2.05) is 0 Å². The zero-order valence-electron chi connectivity index (χ0n) is 13.7. The Morgan fingerprint density at radius 3 is 2.50 bits per heavy atom. The van der Waals surface area contributed by atoms with Gasteiger partial charge in [-0.1, -0.05) is 28.1 Å². The van der Waals surface area contributed by atoms with Gasteiger partial charge in [0.2, 0.25) is 0 Å². The summed E-state index contributed by atoms with van der Waals surface area (Å²) in [5, 5.41) is 15.5. The number of carbonyl (C=O) groups excluding carboxylic acids is 3. The van der Waals surface area contributed by atoms with Gasteiger partial charge in [-0.15, -0.1) is 0 Å². The number of amides is 2. The first-order chi connectivity index (χ1) is 12.5. The van der Waals surface area contributed by atoms with Gasteiger partial charge in [-0.05, 0) is 48.7 Å². The van der Waals surface area contributed by atoms with Gasteiger partial charge in [0.15, 0.2) is 5.76 Å². The molecule has 0 aliphatic rings. The fourth-order valence-electron chi connectivity index (χ4n) is 2.01. The topological polar surface area (TPSA) is 111 Å². The summed E-state index contributed by atoms with van der Waals surface area (Å²) in [5.41, 5.74) is 0.718. The van der Waals surface area contributed by atoms with E-state index >= 15 is 0 Å². The molecule has 0 aliphatic carbocycles. The first-order valence-electron chi connectivity index (χ1n) is 7.76. The molecule has 0 bridgehead atoms. The molecule has 8 heteroatoms. The first kappa shape index (κ1) is 19.5. The van der Waals surface area contributed by atoms with Crippen molar-refractivity contribution < 1.29 is 23.9 Å². The van der Waals surface area contributed by atoms with E-state index in [1.54, 1.807) is 30.3 Å². The second-order valence-corrected chi connectivity index (χ2v) is 6.19. The first-order valence-corrected chi connectivity index (χ1v) is 8.55. The van der Waals surface area contributed by atoms with Crippen LogP contribution in [-0.4, -0.2) is 24.3 Å². The van der Waals surface area contributed by atoms with Crippen LogP contribution < -0.4 is 15.7 Å². The van der Waals surface area contributed by atoms with E-state index in [-0.39, 0.29) is 30.8 Å². The molecule has 1 aromatic carbocycles. The number of benzene rings is 1. The Morgan fingerprint density at radius 2 is 1.88 bits per heavy atom. The SMILES string of the molecule is O=C([O-])CCCNC(=O)/C(=C\c1ccc(Br)cc1)NC(=O)c1ccco1. The maximum atomic E-state index is 12.4. The number of carbonyl (C=O) groups is 3. The molecule has 0 radical (unpaired) electrons. The number of rotatable bonds is 8. The van der Waals surface area contributed by atoms with Gasteiger partial charge in [0.05, 0.1) is 6.26 Å². The molecule has 0 spiro atoms. The van der Waals surface area contributed by atoms with E-state index < -0.39 is 17.8 Å². The third kappa shape index (κ3) is 6.21. The summed E-state index contributed by atoms with van der Waals surface area (Å²) in [6, 6.07) is 10.2. The number of aliphatic carboxylic acids is 1. The molecule has 26 heavy (non-hydrogen) atoms. The highest BCUT2D eigenvalue weighted by Crippen LogP contribution is 2.13. The average molecular weight is 420 g/mol. The number of carboxylic acid groups (broad SMARTS) is 1. The van der Waals surface area contributed by atoms with Gasteiger partial charge < -0.3 is 25.0 Å². The predicted molar refractivity (Wildman–Crippen MR) is 95.5 cm³/mol. The van der Waals surface area contributed by atoms with Crippen LogP contribution in [0.2, 0.25) is 0 Å². The van der Waals surface area contributed by atoms with Gasteiger partial charge in [-0.25, -0.2) is 0 Å². The lowest BCUT2D eigenvalue weighted by atomic mass is 10.2. The molecule has 1 aromatic heterocycles. The van der Waals surface area contributed by atoms with Crippen LogP contribution in [0.5, 0.6) is 0 Å². The molecular formula is C18H16BrN2O5-. The minimum atomic E-state index is -1.18. The van der Waals surface area contributed by atoms with Crippen molar-refractivity contribution in [3.63, 3.8) is 0 Å². The monoisotopic (exact) mass is 419 g/mol. The van der Waals surface area contributed by atoms with Crippen LogP contribution in [0.3, 0.4) is 0 Å². The van der Waals surface area contributed by atoms with Gasteiger partial charge in [0.1, 0.15) is 5.70 Å². The lowest BCUT2D eigenvalue weighted by Gasteiger charge is -2.10. The van der Waals surface area contributed by atoms with Crippen LogP contribution in [0.15, 0.2) is 57.2 Å². The van der Waals surface area contributed by atoms with Gasteiger partial charge in [-0.3, -0.25) is 9.59 Å². The quantitative estimate of drug-likeness (QED) is 0.496. The Kier molecular flexibility index (Phi) is 7.16. The van der Waals surface area contributed by atoms with Crippen LogP contribution in [-0.2, 0) is 9.59 Å². The van der Waals surface area contributed by atoms with Crippen molar-refractivity contribution in [3.05, 3.63) is 64.2 Å². The lowest BCUT2D eigenvalue weighted by molar-refractivity contribution is -0.305. The van der Waals surface area contributed by atoms with Gasteiger partial charge >= 0.3 is 0 Å². The summed E-state index contributed by atoms with van der Waals surface area (Å²) < 4.78 is 5.89. The summed E-state index contributed by atoms with van der Waals surface area (Å²) in [6.07, 6.45) is 2.94. The fourth-order valence-corrected chi connectivity index (χ4v) is 2.27. The number of furan rings is 1. The highest BCUT2D eigenvalue weighted by atomic mass is 79.9. The summed E-state index contributed by atoms with van der Waals surface area (Å²) in [6.45, 7) is 0.140. The Labute approximate surface area is 158 Å². The van der Waals surface area contributed by atoms with Crippen LogP contribution in [0.25, 0.3) is 6.08 Å². The number of hydrogen-bond donors (Lipinski definition) is 2. The van der Waals surface area contributed by atoms with E-state index in [4.69, 9.17) is 4.42 Å². The van der Waals surface area contributed by atoms with E-state index in [9.17, 15) is 19.5 Å². The second kappa shape index (κ2) is 9.57. The van der Waals surface area contributed by atoms with Crippen LogP contribution in [0, 0.1) is 0 Å². The Hall–Kier alpha value is -2.87. The fraction of sp³-hybridized carbons (Fsp3) is 0.167. The third-order valence-electron chi connectivity index (χ3n) is 3.26. The van der Waals surface area contributed by atoms with Crippen molar-refractivity contribution in [3.8, 4) is 0 Å². The predicted octanol–water partition coefficient (Wildman–Crippen LogP) is 1.46. The Bertz CT molecular complexity index is 797. The smallest absolute Gasteiger partial charge is 0.291 e. The summed E-state index contributed by atoms with van der Waals surface area (Å²) in [4.78, 5) is 34.9. The molecule has 7 nitrogen and oxygen atoms in total. The maximum absolute atomic E-state index is 12.4. The molecule has 0 saturated carbocycles. The molecule has 0 unspecified atom stereocenters. The van der Waals surface area contributed by atoms with Crippen molar-refractivity contribution in [2.75, 3.05) is 6.54 Å². The van der Waals surface area contributed by atoms with E-state index in [0.29, 0.717) is 5.56 Å². The maximum Gasteiger partial charge on any atom is 0.291 e. The van der Waals surface area contributed by atoms with E-state index in [2.05, 4.69) is 26.6 Å². The van der Waals surface area contributed by atoms with E-state index in [1.165, 1.54) is 18.4 Å². The number of halogens is 1. The van der Waals surface area contributed by atoms with Crippen LogP contribution in [0.4, 0.5) is 0 Å². The summed E-state index contributed by atoms with van der Waals surface area (Å²) >= 11 is 3.33. The largest absolute Gasteiger partial charge is 0.550 e. The molecule has 0 saturated heterocycles. The van der Waals surface area contributed by atoms with Crippen LogP contribution >= 0.6 is 15.9 Å². The zero-order valence-corrected chi connectivity index (χ0v) is 15.2. The minimum Gasteiger partial charge on any atom is -0.550 e. The normalized spacial score (nSPS) is 11.0. The van der Waals surface area contributed by atoms with Crippen molar-refractivity contribution in [1.82, 2.24) is 10.6 Å². The molecule has 2 aromatic rings. The molecule has 2 N–H and O–H groups in total. The van der Waals surface area contributed by atoms with Crippen molar-refractivity contribution in [2.45, 2.75) is 12.8 Å². The highest BCUT2D eigenvalue weighted by Gasteiger charge is 2.16. The molecule has 2 rings (SSSR count). The summed E-state index contributed by atoms with van der Waals surface area (Å²) in [7, 11) is 0. The molecule has 1 heterocycles. The summed E-state index contributed by atoms with van der Waals surface area (Å²) in [5.74, 6) is -2.22. The average Bonchev–Trinajstić information content (AvgIpc) is 3.14. The molecule has 0 fully saturated rings. The molecular weight excluding hydrogens is 404 g/mol. The third-order valence-corrected chi connectivity index (χ3v) is 3.79. The van der Waals surface area contributed by atoms with Gasteiger partial charge in [0, 0.05) is 17.0 Å². The number of nitrogens with one attached hydrogen (secondary N) is 2. The van der Waals surface area contributed by atoms with Gasteiger partial charge in [-0.2, -0.15) is 0 Å². The molecule has 2 amide bonds. The highest BCUT2D eigenvalue weighted by molar-refractivity contribution is 9.10. The van der Waals surface area contributed by atoms with E-state index in [0.717, 1.165) is 4.47 Å². The molecule has 0 atom stereocenters. The minimum absolute atomic E-state index is 0.0159. The van der Waals surface area contributed by atoms with Crippen molar-refractivity contribution >= 4 is 39.8 Å². The zero-order chi connectivity index (χ0) is 18.9. The lowest BCUT2D eigenvalue weighted by Crippen LogP contribution is -2.35. The second-order valence-electron chi connectivity index (χ2n) is 5.27. The number of carboxylic acids is 1. The molecule has 136 valence electrons.